The van der Waals surface area contributed by atoms with Crippen LogP contribution in [0.5, 0.6) is 5.75 Å². The van der Waals surface area contributed by atoms with Gasteiger partial charge >= 0.3 is 0 Å². The first-order chi connectivity index (χ1) is 12.6. The summed E-state index contributed by atoms with van der Waals surface area (Å²) >= 11 is 13.5. The molecule has 0 radical (unpaired) electrons. The molecule has 0 saturated carbocycles. The standard InChI is InChI=1S/C18H12Cl2N4OS/c1-25-13-5-3-12(4-6-13)23-24-16(9-21)18-22-17(10-26-18)14-7-2-11(19)8-15(14)20/h2-8,10,23H,1H3. The average molecular weight is 403 g/mol. The third-order valence-electron chi connectivity index (χ3n) is 3.41. The molecule has 0 spiro atoms. The van der Waals surface area contributed by atoms with Crippen LogP contribution in [0.2, 0.25) is 10.0 Å². The van der Waals surface area contributed by atoms with Gasteiger partial charge in [-0.25, -0.2) is 4.98 Å². The minimum atomic E-state index is 0.183. The van der Waals surface area contributed by atoms with Crippen molar-refractivity contribution in [3.8, 4) is 23.1 Å². The van der Waals surface area contributed by atoms with Crippen LogP contribution in [-0.4, -0.2) is 17.8 Å². The molecule has 1 N–H and O–H groups in total. The lowest BCUT2D eigenvalue weighted by atomic mass is 10.2. The van der Waals surface area contributed by atoms with Gasteiger partial charge in [0, 0.05) is 16.0 Å². The predicted molar refractivity (Wildman–Crippen MR) is 106 cm³/mol. The molecule has 26 heavy (non-hydrogen) atoms. The second-order valence-corrected chi connectivity index (χ2v) is 6.78. The van der Waals surface area contributed by atoms with Crippen molar-refractivity contribution in [3.63, 3.8) is 0 Å². The molecule has 0 saturated heterocycles. The van der Waals surface area contributed by atoms with E-state index in [0.717, 1.165) is 17.0 Å². The smallest absolute Gasteiger partial charge is 0.196 e. The summed E-state index contributed by atoms with van der Waals surface area (Å²) in [5, 5.41) is 16.9. The Kier molecular flexibility index (Phi) is 5.74. The van der Waals surface area contributed by atoms with Gasteiger partial charge in [0.1, 0.15) is 11.8 Å². The third kappa shape index (κ3) is 4.14. The van der Waals surface area contributed by atoms with Crippen LogP contribution in [-0.2, 0) is 0 Å². The maximum atomic E-state index is 9.39. The maximum Gasteiger partial charge on any atom is 0.196 e. The molecule has 0 bridgehead atoms. The fourth-order valence-corrected chi connectivity index (χ4v) is 3.37. The Morgan fingerprint density at radius 3 is 2.65 bits per heavy atom. The molecule has 3 aromatic rings. The number of aromatic nitrogens is 1. The van der Waals surface area contributed by atoms with Gasteiger partial charge in [0.25, 0.3) is 0 Å². The van der Waals surface area contributed by atoms with E-state index in [9.17, 15) is 5.26 Å². The molecule has 130 valence electrons. The summed E-state index contributed by atoms with van der Waals surface area (Å²) in [4.78, 5) is 4.46. The first-order valence-corrected chi connectivity index (χ1v) is 9.03. The molecule has 1 heterocycles. The number of rotatable bonds is 5. The van der Waals surface area contributed by atoms with E-state index in [0.29, 0.717) is 20.7 Å². The molecule has 5 nitrogen and oxygen atoms in total. The summed E-state index contributed by atoms with van der Waals surface area (Å²) in [5.41, 5.74) is 5.18. The van der Waals surface area contributed by atoms with Crippen molar-refractivity contribution in [3.05, 3.63) is 62.9 Å². The van der Waals surface area contributed by atoms with Gasteiger partial charge in [0.2, 0.25) is 0 Å². The van der Waals surface area contributed by atoms with E-state index in [2.05, 4.69) is 21.6 Å². The minimum absolute atomic E-state index is 0.183. The SMILES string of the molecule is COc1ccc(NN=C(C#N)c2nc(-c3ccc(Cl)cc3Cl)cs2)cc1. The molecular weight excluding hydrogens is 391 g/mol. The molecule has 1 aromatic heterocycles. The Bertz CT molecular complexity index is 993. The van der Waals surface area contributed by atoms with Gasteiger partial charge in [-0.2, -0.15) is 10.4 Å². The Balaban J connectivity index is 1.82. The lowest BCUT2D eigenvalue weighted by molar-refractivity contribution is 0.415. The number of nitrogens with one attached hydrogen (secondary N) is 1. The average Bonchev–Trinajstić information content (AvgIpc) is 3.12. The topological polar surface area (TPSA) is 70.3 Å². The van der Waals surface area contributed by atoms with Gasteiger partial charge in [-0.1, -0.05) is 23.2 Å². The number of hydrogen-bond donors (Lipinski definition) is 1. The Morgan fingerprint density at radius 1 is 1.23 bits per heavy atom. The molecular formula is C18H12Cl2N4OS. The van der Waals surface area contributed by atoms with Crippen molar-refractivity contribution in [2.75, 3.05) is 12.5 Å². The largest absolute Gasteiger partial charge is 0.497 e. The zero-order chi connectivity index (χ0) is 18.5. The van der Waals surface area contributed by atoms with Crippen LogP contribution >= 0.6 is 34.5 Å². The van der Waals surface area contributed by atoms with Crippen molar-refractivity contribution in [1.29, 1.82) is 5.26 Å². The Labute approximate surface area is 164 Å². The van der Waals surface area contributed by atoms with Gasteiger partial charge in [0.05, 0.1) is 23.5 Å². The van der Waals surface area contributed by atoms with Gasteiger partial charge < -0.3 is 4.74 Å². The third-order valence-corrected chi connectivity index (χ3v) is 4.80. The van der Waals surface area contributed by atoms with Crippen molar-refractivity contribution >= 4 is 45.9 Å². The van der Waals surface area contributed by atoms with E-state index in [1.165, 1.54) is 11.3 Å². The van der Waals surface area contributed by atoms with E-state index >= 15 is 0 Å². The molecule has 0 aliphatic carbocycles. The number of methoxy groups -OCH3 is 1. The van der Waals surface area contributed by atoms with Crippen LogP contribution in [0.1, 0.15) is 5.01 Å². The Morgan fingerprint density at radius 2 is 2.00 bits per heavy atom. The number of hydrogen-bond acceptors (Lipinski definition) is 6. The molecule has 0 fully saturated rings. The molecule has 0 amide bonds. The fraction of sp³-hybridized carbons (Fsp3) is 0.0556. The first-order valence-electron chi connectivity index (χ1n) is 7.40. The number of hydrazone groups is 1. The molecule has 0 aliphatic heterocycles. The molecule has 0 aliphatic rings. The highest BCUT2D eigenvalue weighted by Crippen LogP contribution is 2.31. The molecule has 3 rings (SSSR count). The van der Waals surface area contributed by atoms with Crippen LogP contribution in [0.25, 0.3) is 11.3 Å². The number of nitrogens with zero attached hydrogens (tertiary/aromatic N) is 3. The molecule has 0 atom stereocenters. The normalized spacial score (nSPS) is 11.1. The van der Waals surface area contributed by atoms with E-state index in [1.807, 2.05) is 5.38 Å². The van der Waals surface area contributed by atoms with Crippen LogP contribution in [0.15, 0.2) is 52.9 Å². The lowest BCUT2D eigenvalue weighted by Gasteiger charge is -2.03. The quantitative estimate of drug-likeness (QED) is 0.453. The van der Waals surface area contributed by atoms with Crippen molar-refractivity contribution < 1.29 is 4.74 Å². The summed E-state index contributed by atoms with van der Waals surface area (Å²) in [5.74, 6) is 0.740. The molecule has 2 aromatic carbocycles. The highest BCUT2D eigenvalue weighted by atomic mass is 35.5. The van der Waals surface area contributed by atoms with Gasteiger partial charge in [-0.15, -0.1) is 11.3 Å². The van der Waals surface area contributed by atoms with E-state index in [1.54, 1.807) is 49.6 Å². The highest BCUT2D eigenvalue weighted by molar-refractivity contribution is 7.12. The number of nitriles is 1. The van der Waals surface area contributed by atoms with Crippen molar-refractivity contribution in [2.45, 2.75) is 0 Å². The number of thiazole rings is 1. The number of anilines is 1. The number of ether oxygens (including phenoxy) is 1. The zero-order valence-electron chi connectivity index (χ0n) is 13.5. The van der Waals surface area contributed by atoms with Gasteiger partial charge in [-0.3, -0.25) is 5.43 Å². The minimum Gasteiger partial charge on any atom is -0.497 e. The van der Waals surface area contributed by atoms with Gasteiger partial charge in [-0.05, 0) is 42.5 Å². The van der Waals surface area contributed by atoms with Crippen molar-refractivity contribution in [1.82, 2.24) is 4.98 Å². The number of benzene rings is 2. The first kappa shape index (κ1) is 18.2. The molecule has 8 heteroatoms. The number of halogens is 2. The van der Waals surface area contributed by atoms with Crippen LogP contribution in [0, 0.1) is 11.3 Å². The van der Waals surface area contributed by atoms with Crippen LogP contribution in [0.3, 0.4) is 0 Å². The lowest BCUT2D eigenvalue weighted by Crippen LogP contribution is -2.01. The van der Waals surface area contributed by atoms with E-state index in [4.69, 9.17) is 27.9 Å². The Hall–Kier alpha value is -2.59. The maximum absolute atomic E-state index is 9.39. The van der Waals surface area contributed by atoms with Crippen LogP contribution < -0.4 is 10.2 Å². The van der Waals surface area contributed by atoms with Crippen LogP contribution in [0.4, 0.5) is 5.69 Å². The summed E-state index contributed by atoms with van der Waals surface area (Å²) in [6, 6.07) is 14.5. The van der Waals surface area contributed by atoms with E-state index < -0.39 is 0 Å². The second-order valence-electron chi connectivity index (χ2n) is 5.07. The second kappa shape index (κ2) is 8.19. The zero-order valence-corrected chi connectivity index (χ0v) is 15.9. The van der Waals surface area contributed by atoms with Gasteiger partial charge in [0.15, 0.2) is 10.7 Å². The summed E-state index contributed by atoms with van der Waals surface area (Å²) < 4.78 is 5.10. The van der Waals surface area contributed by atoms with Crippen molar-refractivity contribution in [2.24, 2.45) is 5.10 Å². The van der Waals surface area contributed by atoms with E-state index in [-0.39, 0.29) is 5.71 Å². The fourth-order valence-electron chi connectivity index (χ4n) is 2.11. The summed E-state index contributed by atoms with van der Waals surface area (Å²) in [6.07, 6.45) is 0. The summed E-state index contributed by atoms with van der Waals surface area (Å²) in [6.45, 7) is 0. The summed E-state index contributed by atoms with van der Waals surface area (Å²) in [7, 11) is 1.60. The predicted octanol–water partition coefficient (Wildman–Crippen LogP) is 5.47. The monoisotopic (exact) mass is 402 g/mol. The molecule has 0 unspecified atom stereocenters. The highest BCUT2D eigenvalue weighted by Gasteiger charge is 2.13.